The average molecular weight is 735 g/mol. The molecule has 282 valence electrons. The van der Waals surface area contributed by atoms with Crippen molar-refractivity contribution >= 4 is 20.2 Å². The van der Waals surface area contributed by atoms with E-state index in [4.69, 9.17) is 56.5 Å². The normalized spacial score (nSPS) is 12.1. The first-order valence-electron chi connectivity index (χ1n) is 16.0. The van der Waals surface area contributed by atoms with Crippen LogP contribution in [0, 0.1) is 0 Å². The molecule has 0 radical (unpaired) electrons. The topological polar surface area (TPSA) is 201 Å². The molecule has 0 saturated heterocycles. The van der Waals surface area contributed by atoms with Crippen molar-refractivity contribution in [3.63, 3.8) is 0 Å². The fourth-order valence-corrected chi connectivity index (χ4v) is 4.66. The minimum absolute atomic E-state index is 0.234. The Balaban J connectivity index is 1.97. The SMILES string of the molecule is CCc1ccc(OCCOCCOCCOCCOCCCS(=O)(=O)O)cc1OCCOCCOCCOCCOCCCS(=O)(=O)O. The largest absolute Gasteiger partial charge is 0.491 e. The van der Waals surface area contributed by atoms with Gasteiger partial charge in [-0.05, 0) is 30.9 Å². The van der Waals surface area contributed by atoms with Crippen LogP contribution in [-0.4, -0.2) is 156 Å². The summed E-state index contributed by atoms with van der Waals surface area (Å²) in [7, 11) is -7.88. The molecule has 0 bridgehead atoms. The van der Waals surface area contributed by atoms with Gasteiger partial charge >= 0.3 is 0 Å². The number of ether oxygens (including phenoxy) is 10. The molecule has 0 aliphatic rings. The molecule has 0 aromatic heterocycles. The molecule has 0 unspecified atom stereocenters. The summed E-state index contributed by atoms with van der Waals surface area (Å²) in [4.78, 5) is 0. The zero-order chi connectivity index (χ0) is 35.2. The Bertz CT molecular complexity index is 1120. The van der Waals surface area contributed by atoms with Crippen LogP contribution in [0.1, 0.15) is 25.3 Å². The smallest absolute Gasteiger partial charge is 0.264 e. The molecule has 0 heterocycles. The fraction of sp³-hybridized carbons (Fsp3) is 0.800. The Labute approximate surface area is 285 Å². The Morgan fingerprint density at radius 1 is 0.479 bits per heavy atom. The van der Waals surface area contributed by atoms with Gasteiger partial charge in [-0.25, -0.2) is 0 Å². The van der Waals surface area contributed by atoms with E-state index < -0.39 is 20.2 Å². The van der Waals surface area contributed by atoms with Crippen molar-refractivity contribution < 1.29 is 73.3 Å². The molecular formula is C30H54O16S2. The van der Waals surface area contributed by atoms with E-state index in [1.165, 1.54) is 0 Å². The van der Waals surface area contributed by atoms with Gasteiger partial charge in [0.25, 0.3) is 20.2 Å². The molecule has 2 N–H and O–H groups in total. The predicted octanol–water partition coefficient (Wildman–Crippen LogP) is 1.70. The minimum atomic E-state index is -3.94. The standard InChI is InChI=1S/C30H54O16S2/c1-2-28-5-6-29(45-23-21-43-19-17-41-15-13-39-11-9-37-7-3-25-47(31,32)33)27-30(28)46-24-22-44-20-18-42-16-14-40-12-10-38-8-4-26-48(34,35)36/h5-6,27H,2-4,7-26H2,1H3,(H,31,32,33)(H,34,35,36). The summed E-state index contributed by atoms with van der Waals surface area (Å²) in [6.07, 6.45) is 1.28. The van der Waals surface area contributed by atoms with Crippen LogP contribution in [0.5, 0.6) is 11.5 Å². The third-order valence-corrected chi connectivity index (χ3v) is 7.62. The second-order valence-electron chi connectivity index (χ2n) is 10.00. The van der Waals surface area contributed by atoms with Gasteiger partial charge in [-0.2, -0.15) is 16.8 Å². The van der Waals surface area contributed by atoms with Crippen LogP contribution in [0.4, 0.5) is 0 Å². The predicted molar refractivity (Wildman–Crippen MR) is 175 cm³/mol. The van der Waals surface area contributed by atoms with E-state index in [-0.39, 0.29) is 37.6 Å². The van der Waals surface area contributed by atoms with E-state index in [2.05, 4.69) is 6.92 Å². The highest BCUT2D eigenvalue weighted by atomic mass is 32.2. The van der Waals surface area contributed by atoms with Crippen molar-refractivity contribution in [2.45, 2.75) is 26.2 Å². The van der Waals surface area contributed by atoms with Gasteiger partial charge in [0.2, 0.25) is 0 Å². The van der Waals surface area contributed by atoms with Gasteiger partial charge in [0, 0.05) is 19.3 Å². The number of benzene rings is 1. The van der Waals surface area contributed by atoms with Crippen LogP contribution in [0.15, 0.2) is 18.2 Å². The van der Waals surface area contributed by atoms with Gasteiger partial charge < -0.3 is 47.4 Å². The molecule has 0 amide bonds. The number of rotatable bonds is 35. The van der Waals surface area contributed by atoms with Crippen LogP contribution < -0.4 is 9.47 Å². The molecule has 0 atom stereocenters. The Kier molecular flexibility index (Phi) is 26.9. The molecule has 18 heteroatoms. The van der Waals surface area contributed by atoms with Gasteiger partial charge in [0.05, 0.1) is 104 Å². The van der Waals surface area contributed by atoms with Gasteiger partial charge in [0.15, 0.2) is 0 Å². The van der Waals surface area contributed by atoms with E-state index in [0.717, 1.165) is 17.7 Å². The second-order valence-corrected chi connectivity index (χ2v) is 13.1. The Hall–Kier alpha value is -1.68. The lowest BCUT2D eigenvalue weighted by molar-refractivity contribution is -0.00470. The molecule has 16 nitrogen and oxygen atoms in total. The summed E-state index contributed by atoms with van der Waals surface area (Å²) in [5, 5.41) is 0. The Morgan fingerprint density at radius 2 is 0.812 bits per heavy atom. The third kappa shape index (κ3) is 29.3. The van der Waals surface area contributed by atoms with Crippen molar-refractivity contribution in [3.8, 4) is 11.5 Å². The highest BCUT2D eigenvalue weighted by Gasteiger charge is 2.07. The number of hydrogen-bond donors (Lipinski definition) is 2. The van der Waals surface area contributed by atoms with Crippen LogP contribution >= 0.6 is 0 Å². The maximum Gasteiger partial charge on any atom is 0.264 e. The highest BCUT2D eigenvalue weighted by Crippen LogP contribution is 2.25. The first kappa shape index (κ1) is 44.3. The summed E-state index contributed by atoms with van der Waals surface area (Å²) in [5.41, 5.74) is 1.06. The van der Waals surface area contributed by atoms with Crippen molar-refractivity contribution in [2.75, 3.05) is 130 Å². The molecule has 0 spiro atoms. The number of aryl methyl sites for hydroxylation is 1. The second kappa shape index (κ2) is 29.1. The van der Waals surface area contributed by atoms with Gasteiger partial charge in [-0.3, -0.25) is 9.11 Å². The van der Waals surface area contributed by atoms with E-state index in [1.807, 2.05) is 18.2 Å². The van der Waals surface area contributed by atoms with Crippen LogP contribution in [0.3, 0.4) is 0 Å². The number of hydrogen-bond acceptors (Lipinski definition) is 14. The molecule has 1 aromatic carbocycles. The van der Waals surface area contributed by atoms with Crippen LogP contribution in [0.2, 0.25) is 0 Å². The molecule has 48 heavy (non-hydrogen) atoms. The lowest BCUT2D eigenvalue weighted by Crippen LogP contribution is -2.14. The first-order chi connectivity index (χ1) is 23.1. The third-order valence-electron chi connectivity index (χ3n) is 6.02. The molecule has 0 saturated carbocycles. The first-order valence-corrected chi connectivity index (χ1v) is 19.2. The van der Waals surface area contributed by atoms with Crippen LogP contribution in [0.25, 0.3) is 0 Å². The molecular weight excluding hydrogens is 680 g/mol. The van der Waals surface area contributed by atoms with Crippen molar-refractivity contribution in [1.82, 2.24) is 0 Å². The summed E-state index contributed by atoms with van der Waals surface area (Å²) >= 11 is 0. The molecule has 0 aliphatic carbocycles. The van der Waals surface area contributed by atoms with Crippen molar-refractivity contribution in [2.24, 2.45) is 0 Å². The van der Waals surface area contributed by atoms with Crippen molar-refractivity contribution in [1.29, 1.82) is 0 Å². The van der Waals surface area contributed by atoms with Gasteiger partial charge in [-0.15, -0.1) is 0 Å². The summed E-state index contributed by atoms with van der Waals surface area (Å²) < 4.78 is 115. The maximum absolute atomic E-state index is 10.6. The lowest BCUT2D eigenvalue weighted by Gasteiger charge is -2.14. The fourth-order valence-electron chi connectivity index (χ4n) is 3.69. The van der Waals surface area contributed by atoms with Gasteiger partial charge in [0.1, 0.15) is 24.7 Å². The molecule has 0 fully saturated rings. The van der Waals surface area contributed by atoms with Crippen molar-refractivity contribution in [3.05, 3.63) is 23.8 Å². The summed E-state index contributed by atoms with van der Waals surface area (Å²) in [5.74, 6) is 0.796. The van der Waals surface area contributed by atoms with E-state index in [9.17, 15) is 16.8 Å². The van der Waals surface area contributed by atoms with Crippen LogP contribution in [-0.2, 0) is 64.6 Å². The van der Waals surface area contributed by atoms with E-state index in [0.29, 0.717) is 111 Å². The Morgan fingerprint density at radius 3 is 1.17 bits per heavy atom. The summed E-state index contributed by atoms with van der Waals surface area (Å²) in [6, 6.07) is 5.74. The monoisotopic (exact) mass is 734 g/mol. The maximum atomic E-state index is 10.6. The minimum Gasteiger partial charge on any atom is -0.491 e. The molecule has 0 aliphatic heterocycles. The highest BCUT2D eigenvalue weighted by molar-refractivity contribution is 7.86. The lowest BCUT2D eigenvalue weighted by atomic mass is 10.1. The van der Waals surface area contributed by atoms with E-state index >= 15 is 0 Å². The van der Waals surface area contributed by atoms with E-state index in [1.54, 1.807) is 0 Å². The van der Waals surface area contributed by atoms with Gasteiger partial charge in [-0.1, -0.05) is 13.0 Å². The zero-order valence-electron chi connectivity index (χ0n) is 27.9. The quantitative estimate of drug-likeness (QED) is 0.0753. The molecule has 1 aromatic rings. The molecule has 1 rings (SSSR count). The average Bonchev–Trinajstić information content (AvgIpc) is 3.03. The summed E-state index contributed by atoms with van der Waals surface area (Å²) in [6.45, 7) is 8.81. The zero-order valence-corrected chi connectivity index (χ0v) is 29.6.